The molecule has 0 amide bonds. The number of rotatable bonds is 6. The minimum atomic E-state index is 0. The summed E-state index contributed by atoms with van der Waals surface area (Å²) in [7, 11) is 1.85. The van der Waals surface area contributed by atoms with Crippen LogP contribution in [0.1, 0.15) is 31.4 Å². The highest BCUT2D eigenvalue weighted by atomic mass is 127. The van der Waals surface area contributed by atoms with Gasteiger partial charge in [-0.15, -0.1) is 24.0 Å². The van der Waals surface area contributed by atoms with Crippen LogP contribution in [0.2, 0.25) is 0 Å². The largest absolute Gasteiger partial charge is 0.373 e. The fourth-order valence-corrected chi connectivity index (χ4v) is 4.86. The van der Waals surface area contributed by atoms with E-state index in [0.717, 1.165) is 51.6 Å². The number of morpholine rings is 1. The first-order chi connectivity index (χ1) is 15.6. The molecule has 33 heavy (non-hydrogen) atoms. The SMILES string of the molecule is CN=C(NCc1ccccc1CN1CC(C)OC(C)C1)NC1CCN(c2ccccc2)C1.I. The van der Waals surface area contributed by atoms with Crippen molar-refractivity contribution in [2.45, 2.75) is 51.6 Å². The van der Waals surface area contributed by atoms with Gasteiger partial charge in [-0.25, -0.2) is 0 Å². The molecule has 0 bridgehead atoms. The van der Waals surface area contributed by atoms with E-state index in [1.807, 2.05) is 7.05 Å². The van der Waals surface area contributed by atoms with E-state index in [2.05, 4.69) is 93.9 Å². The van der Waals surface area contributed by atoms with E-state index in [-0.39, 0.29) is 36.2 Å². The highest BCUT2D eigenvalue weighted by molar-refractivity contribution is 14.0. The molecule has 2 N–H and O–H groups in total. The minimum absolute atomic E-state index is 0. The van der Waals surface area contributed by atoms with Crippen molar-refractivity contribution in [2.75, 3.05) is 38.1 Å². The third kappa shape index (κ3) is 7.32. The number of halogens is 1. The molecule has 3 atom stereocenters. The van der Waals surface area contributed by atoms with Crippen molar-refractivity contribution in [3.05, 3.63) is 65.7 Å². The molecule has 0 radical (unpaired) electrons. The lowest BCUT2D eigenvalue weighted by atomic mass is 10.1. The van der Waals surface area contributed by atoms with Gasteiger partial charge in [-0.05, 0) is 43.5 Å². The van der Waals surface area contributed by atoms with E-state index >= 15 is 0 Å². The Hall–Kier alpha value is -1.84. The third-order valence-electron chi connectivity index (χ3n) is 6.33. The maximum Gasteiger partial charge on any atom is 0.191 e. The number of nitrogens with zero attached hydrogens (tertiary/aromatic N) is 3. The summed E-state index contributed by atoms with van der Waals surface area (Å²) in [5.74, 6) is 0.869. The molecule has 2 aromatic carbocycles. The van der Waals surface area contributed by atoms with Crippen molar-refractivity contribution in [1.29, 1.82) is 0 Å². The number of hydrogen-bond acceptors (Lipinski definition) is 4. The van der Waals surface area contributed by atoms with Gasteiger partial charge < -0.3 is 20.3 Å². The molecule has 2 aromatic rings. The third-order valence-corrected chi connectivity index (χ3v) is 6.33. The summed E-state index contributed by atoms with van der Waals surface area (Å²) in [6.45, 7) is 10.1. The fraction of sp³-hybridized carbons (Fsp3) is 0.500. The standard InChI is InChI=1S/C26H37N5O.HI/c1-20-16-30(17-21(2)32-20)18-23-10-8-7-9-22(23)15-28-26(27-3)29-24-13-14-31(19-24)25-11-5-4-6-12-25;/h4-12,20-21,24H,13-19H2,1-3H3,(H2,27,28,29);1H. The van der Waals surface area contributed by atoms with Crippen LogP contribution in [0.5, 0.6) is 0 Å². The number of anilines is 1. The van der Waals surface area contributed by atoms with Crippen molar-refractivity contribution < 1.29 is 4.74 Å². The van der Waals surface area contributed by atoms with E-state index in [0.29, 0.717) is 6.04 Å². The normalized spacial score (nSPS) is 23.8. The van der Waals surface area contributed by atoms with E-state index in [1.54, 1.807) is 0 Å². The number of para-hydroxylation sites is 1. The minimum Gasteiger partial charge on any atom is -0.373 e. The molecule has 0 saturated carbocycles. The summed E-state index contributed by atoms with van der Waals surface area (Å²) in [4.78, 5) is 9.42. The van der Waals surface area contributed by atoms with Crippen LogP contribution in [0.25, 0.3) is 0 Å². The summed E-state index contributed by atoms with van der Waals surface area (Å²) in [6.07, 6.45) is 1.68. The first-order valence-corrected chi connectivity index (χ1v) is 11.8. The van der Waals surface area contributed by atoms with Gasteiger partial charge in [0.2, 0.25) is 0 Å². The lowest BCUT2D eigenvalue weighted by molar-refractivity contribution is -0.0705. The van der Waals surface area contributed by atoms with Crippen LogP contribution < -0.4 is 15.5 Å². The molecule has 3 unspecified atom stereocenters. The highest BCUT2D eigenvalue weighted by Gasteiger charge is 2.24. The van der Waals surface area contributed by atoms with Crippen molar-refractivity contribution >= 4 is 35.6 Å². The monoisotopic (exact) mass is 563 g/mol. The van der Waals surface area contributed by atoms with Gasteiger partial charge in [-0.2, -0.15) is 0 Å². The Bertz CT molecular complexity index is 883. The van der Waals surface area contributed by atoms with Crippen LogP contribution in [0, 0.1) is 0 Å². The Labute approximate surface area is 215 Å². The summed E-state index contributed by atoms with van der Waals surface area (Å²) < 4.78 is 5.90. The molecular weight excluding hydrogens is 525 g/mol. The molecule has 0 aliphatic carbocycles. The van der Waals surface area contributed by atoms with Gasteiger partial charge in [0.1, 0.15) is 0 Å². The number of aliphatic imine (C=N–C) groups is 1. The Morgan fingerprint density at radius 3 is 2.33 bits per heavy atom. The second-order valence-electron chi connectivity index (χ2n) is 9.06. The van der Waals surface area contributed by atoms with Gasteiger partial charge in [0.05, 0.1) is 12.2 Å². The Morgan fingerprint density at radius 1 is 0.970 bits per heavy atom. The summed E-state index contributed by atoms with van der Waals surface area (Å²) in [5, 5.41) is 7.16. The molecule has 2 saturated heterocycles. The van der Waals surface area contributed by atoms with Gasteiger partial charge in [-0.1, -0.05) is 42.5 Å². The molecule has 0 spiro atoms. The van der Waals surface area contributed by atoms with Gasteiger partial charge in [0, 0.05) is 58.0 Å². The second-order valence-corrected chi connectivity index (χ2v) is 9.06. The second kappa shape index (κ2) is 12.6. The smallest absolute Gasteiger partial charge is 0.191 e. The molecule has 6 nitrogen and oxygen atoms in total. The number of nitrogens with one attached hydrogen (secondary N) is 2. The van der Waals surface area contributed by atoms with Crippen molar-refractivity contribution in [3.63, 3.8) is 0 Å². The van der Waals surface area contributed by atoms with Crippen LogP contribution in [-0.4, -0.2) is 62.3 Å². The predicted octanol–water partition coefficient (Wildman–Crippen LogP) is 3.86. The van der Waals surface area contributed by atoms with E-state index in [1.165, 1.54) is 16.8 Å². The summed E-state index contributed by atoms with van der Waals surface area (Å²) in [5.41, 5.74) is 3.98. The summed E-state index contributed by atoms with van der Waals surface area (Å²) in [6, 6.07) is 19.8. The van der Waals surface area contributed by atoms with Crippen molar-refractivity contribution in [1.82, 2.24) is 15.5 Å². The maximum absolute atomic E-state index is 5.90. The Kier molecular flexibility index (Phi) is 9.82. The highest BCUT2D eigenvalue weighted by Crippen LogP contribution is 2.20. The number of ether oxygens (including phenoxy) is 1. The average Bonchev–Trinajstić information content (AvgIpc) is 3.26. The molecular formula is C26H38IN5O. The number of benzene rings is 2. The lowest BCUT2D eigenvalue weighted by Gasteiger charge is -2.35. The molecule has 2 aliphatic heterocycles. The quantitative estimate of drug-likeness (QED) is 0.318. The van der Waals surface area contributed by atoms with Gasteiger partial charge >= 0.3 is 0 Å². The molecule has 0 aromatic heterocycles. The summed E-state index contributed by atoms with van der Waals surface area (Å²) >= 11 is 0. The molecule has 4 rings (SSSR count). The van der Waals surface area contributed by atoms with Crippen LogP contribution >= 0.6 is 24.0 Å². The van der Waals surface area contributed by atoms with Gasteiger partial charge in [0.25, 0.3) is 0 Å². The van der Waals surface area contributed by atoms with E-state index in [4.69, 9.17) is 4.74 Å². The Balaban J connectivity index is 0.00000306. The molecule has 2 aliphatic rings. The fourth-order valence-electron chi connectivity index (χ4n) is 4.86. The Morgan fingerprint density at radius 2 is 1.64 bits per heavy atom. The molecule has 2 heterocycles. The number of guanidine groups is 1. The van der Waals surface area contributed by atoms with Crippen LogP contribution in [0.3, 0.4) is 0 Å². The zero-order chi connectivity index (χ0) is 22.3. The zero-order valence-corrected chi connectivity index (χ0v) is 22.4. The van der Waals surface area contributed by atoms with E-state index < -0.39 is 0 Å². The first kappa shape index (κ1) is 25.8. The van der Waals surface area contributed by atoms with Crippen LogP contribution in [0.4, 0.5) is 5.69 Å². The molecule has 2 fully saturated rings. The average molecular weight is 564 g/mol. The molecule has 7 heteroatoms. The molecule has 180 valence electrons. The maximum atomic E-state index is 5.90. The lowest BCUT2D eigenvalue weighted by Crippen LogP contribution is -2.45. The van der Waals surface area contributed by atoms with Gasteiger partial charge in [0.15, 0.2) is 5.96 Å². The van der Waals surface area contributed by atoms with E-state index in [9.17, 15) is 0 Å². The van der Waals surface area contributed by atoms with Crippen molar-refractivity contribution in [2.24, 2.45) is 4.99 Å². The topological polar surface area (TPSA) is 52.1 Å². The predicted molar refractivity (Wildman–Crippen MR) is 148 cm³/mol. The van der Waals surface area contributed by atoms with Gasteiger partial charge in [-0.3, -0.25) is 9.89 Å². The van der Waals surface area contributed by atoms with Crippen LogP contribution in [-0.2, 0) is 17.8 Å². The number of hydrogen-bond donors (Lipinski definition) is 2. The van der Waals surface area contributed by atoms with Crippen LogP contribution in [0.15, 0.2) is 59.6 Å². The van der Waals surface area contributed by atoms with Crippen molar-refractivity contribution in [3.8, 4) is 0 Å². The zero-order valence-electron chi connectivity index (χ0n) is 20.0. The first-order valence-electron chi connectivity index (χ1n) is 11.8.